The molecule has 1 aliphatic rings. The summed E-state index contributed by atoms with van der Waals surface area (Å²) in [5, 5.41) is 0.243. The Morgan fingerprint density at radius 2 is 2.50 bits per heavy atom. The minimum atomic E-state index is -1.82. The second kappa shape index (κ2) is 4.13. The minimum absolute atomic E-state index is 0.243. The fraction of sp³-hybridized carbons (Fsp3) is 0.714. The smallest absolute Gasteiger partial charge is 0.189 e. The lowest BCUT2D eigenvalue weighted by molar-refractivity contribution is 0.401. The lowest BCUT2D eigenvalue weighted by Crippen LogP contribution is -2.24. The summed E-state index contributed by atoms with van der Waals surface area (Å²) in [4.78, 5) is 0. The molecule has 1 aliphatic heterocycles. The van der Waals surface area contributed by atoms with E-state index in [4.69, 9.17) is 22.8 Å². The molecule has 5 heteroatoms. The number of hydrogen-bond acceptors (Lipinski definition) is 3. The van der Waals surface area contributed by atoms with Crippen LogP contribution in [0.2, 0.25) is 0 Å². The van der Waals surface area contributed by atoms with Gasteiger partial charge >= 0.3 is 0 Å². The van der Waals surface area contributed by atoms with Gasteiger partial charge in [0.1, 0.15) is 0 Å². The summed E-state index contributed by atoms with van der Waals surface area (Å²) in [6, 6.07) is 0. The maximum atomic E-state index is 5.40. The van der Waals surface area contributed by atoms with Crippen molar-refractivity contribution in [2.24, 2.45) is 0 Å². The molecule has 0 aromatic carbocycles. The molecule has 0 radical (unpaired) electrons. The normalized spacial score (nSPS) is 37.6. The van der Waals surface area contributed by atoms with Gasteiger partial charge in [0.15, 0.2) is 5.62 Å². The van der Waals surface area contributed by atoms with E-state index in [0.717, 1.165) is 13.0 Å². The Labute approximate surface area is 82.9 Å². The summed E-state index contributed by atoms with van der Waals surface area (Å²) in [7, 11) is 3.67. The standard InChI is InChI=1S/C7H12NOPS2/c1-4-7-5-6-8(2)10(11,9-3)12-7/h1,7H,5-6H2,2-3H3. The molecule has 12 heavy (non-hydrogen) atoms. The molecule has 0 aliphatic carbocycles. The number of terminal acetylenes is 1. The Bertz CT molecular complexity index is 250. The molecule has 2 nitrogen and oxygen atoms in total. The van der Waals surface area contributed by atoms with Gasteiger partial charge in [-0.15, -0.1) is 6.42 Å². The Kier molecular flexibility index (Phi) is 3.63. The summed E-state index contributed by atoms with van der Waals surface area (Å²) < 4.78 is 7.45. The zero-order valence-electron chi connectivity index (χ0n) is 7.19. The lowest BCUT2D eigenvalue weighted by atomic mass is 10.3. The topological polar surface area (TPSA) is 12.5 Å². The van der Waals surface area contributed by atoms with E-state index in [9.17, 15) is 0 Å². The Morgan fingerprint density at radius 3 is 3.00 bits per heavy atom. The summed E-state index contributed by atoms with van der Waals surface area (Å²) >= 11 is 7.04. The van der Waals surface area contributed by atoms with Crippen molar-refractivity contribution in [3.8, 4) is 12.3 Å². The fourth-order valence-electron chi connectivity index (χ4n) is 1.02. The first-order valence-electron chi connectivity index (χ1n) is 3.64. The molecular formula is C7H12NOPS2. The van der Waals surface area contributed by atoms with E-state index in [0.29, 0.717) is 0 Å². The average molecular weight is 221 g/mol. The van der Waals surface area contributed by atoms with E-state index in [1.165, 1.54) is 0 Å². The van der Waals surface area contributed by atoms with Gasteiger partial charge in [0, 0.05) is 13.7 Å². The van der Waals surface area contributed by atoms with Crippen molar-refractivity contribution in [2.75, 3.05) is 20.7 Å². The maximum absolute atomic E-state index is 5.40. The predicted molar refractivity (Wildman–Crippen MR) is 58.8 cm³/mol. The molecule has 2 unspecified atom stereocenters. The highest BCUT2D eigenvalue weighted by molar-refractivity contribution is 8.69. The van der Waals surface area contributed by atoms with Crippen LogP contribution in [0.15, 0.2) is 0 Å². The van der Waals surface area contributed by atoms with E-state index < -0.39 is 5.62 Å². The van der Waals surface area contributed by atoms with Crippen molar-refractivity contribution in [1.29, 1.82) is 0 Å². The van der Waals surface area contributed by atoms with Crippen molar-refractivity contribution < 1.29 is 4.52 Å². The van der Waals surface area contributed by atoms with Gasteiger partial charge in [-0.3, -0.25) is 0 Å². The Hall–Kier alpha value is 0.480. The fourth-order valence-corrected chi connectivity index (χ4v) is 6.13. The molecule has 0 aromatic rings. The minimum Gasteiger partial charge on any atom is -0.334 e. The number of hydrogen-bond donors (Lipinski definition) is 0. The van der Waals surface area contributed by atoms with Crippen LogP contribution in [0.25, 0.3) is 0 Å². The molecule has 1 heterocycles. The van der Waals surface area contributed by atoms with Gasteiger partial charge in [-0.2, -0.15) is 0 Å². The quantitative estimate of drug-likeness (QED) is 0.495. The molecule has 1 rings (SSSR count). The van der Waals surface area contributed by atoms with Crippen LogP contribution in [0.3, 0.4) is 0 Å². The van der Waals surface area contributed by atoms with Crippen LogP contribution in [-0.2, 0) is 16.3 Å². The lowest BCUT2D eigenvalue weighted by Gasteiger charge is -2.35. The molecule has 68 valence electrons. The Balaban J connectivity index is 2.73. The van der Waals surface area contributed by atoms with E-state index in [2.05, 4.69) is 10.6 Å². The molecule has 0 bridgehead atoms. The Morgan fingerprint density at radius 1 is 1.83 bits per heavy atom. The largest absolute Gasteiger partial charge is 0.334 e. The molecule has 0 N–H and O–H groups in total. The predicted octanol–water partition coefficient (Wildman–Crippen LogP) is 1.93. The first kappa shape index (κ1) is 10.6. The molecule has 0 aromatic heterocycles. The molecule has 1 saturated heterocycles. The van der Waals surface area contributed by atoms with Crippen molar-refractivity contribution >= 4 is 28.8 Å². The van der Waals surface area contributed by atoms with Gasteiger partial charge in [0.2, 0.25) is 0 Å². The monoisotopic (exact) mass is 221 g/mol. The van der Waals surface area contributed by atoms with Gasteiger partial charge in [0.05, 0.1) is 5.25 Å². The number of rotatable bonds is 1. The second-order valence-electron chi connectivity index (χ2n) is 2.58. The molecular weight excluding hydrogens is 209 g/mol. The van der Waals surface area contributed by atoms with E-state index in [-0.39, 0.29) is 5.25 Å². The zero-order valence-corrected chi connectivity index (χ0v) is 9.72. The van der Waals surface area contributed by atoms with Gasteiger partial charge in [0.25, 0.3) is 0 Å². The maximum Gasteiger partial charge on any atom is 0.189 e. The second-order valence-corrected chi connectivity index (χ2v) is 9.64. The van der Waals surface area contributed by atoms with Crippen molar-refractivity contribution in [3.63, 3.8) is 0 Å². The van der Waals surface area contributed by atoms with Crippen LogP contribution < -0.4 is 0 Å². The van der Waals surface area contributed by atoms with Crippen LogP contribution in [0.5, 0.6) is 0 Å². The first-order chi connectivity index (χ1) is 5.62. The first-order valence-corrected chi connectivity index (χ1v) is 7.80. The van der Waals surface area contributed by atoms with Crippen LogP contribution in [0.4, 0.5) is 0 Å². The average Bonchev–Trinajstić information content (AvgIpc) is 2.10. The zero-order chi connectivity index (χ0) is 9.19. The third-order valence-electron chi connectivity index (χ3n) is 1.81. The third kappa shape index (κ3) is 2.04. The molecule has 0 amide bonds. The van der Waals surface area contributed by atoms with Gasteiger partial charge in [-0.1, -0.05) is 17.3 Å². The van der Waals surface area contributed by atoms with Crippen LogP contribution in [0, 0.1) is 12.3 Å². The van der Waals surface area contributed by atoms with Gasteiger partial charge in [-0.05, 0) is 25.3 Å². The van der Waals surface area contributed by atoms with Crippen molar-refractivity contribution in [2.45, 2.75) is 11.7 Å². The van der Waals surface area contributed by atoms with Crippen LogP contribution in [0.1, 0.15) is 6.42 Å². The molecule has 0 spiro atoms. The van der Waals surface area contributed by atoms with E-state index in [1.54, 1.807) is 18.5 Å². The highest BCUT2D eigenvalue weighted by Gasteiger charge is 2.31. The van der Waals surface area contributed by atoms with Crippen molar-refractivity contribution in [3.05, 3.63) is 0 Å². The van der Waals surface area contributed by atoms with Gasteiger partial charge < -0.3 is 4.52 Å². The van der Waals surface area contributed by atoms with Crippen molar-refractivity contribution in [1.82, 2.24) is 4.67 Å². The number of nitrogens with zero attached hydrogens (tertiary/aromatic N) is 1. The van der Waals surface area contributed by atoms with Crippen LogP contribution >= 0.6 is 17.0 Å². The summed E-state index contributed by atoms with van der Waals surface area (Å²) in [5.41, 5.74) is -1.82. The summed E-state index contributed by atoms with van der Waals surface area (Å²) in [6.45, 7) is 0.951. The SMILES string of the molecule is C#CC1CCN(C)P(=S)(OC)S1. The van der Waals surface area contributed by atoms with Crippen LogP contribution in [-0.4, -0.2) is 30.6 Å². The van der Waals surface area contributed by atoms with E-state index in [1.807, 2.05) is 7.05 Å². The van der Waals surface area contributed by atoms with Gasteiger partial charge in [-0.25, -0.2) is 4.67 Å². The molecule has 1 fully saturated rings. The summed E-state index contributed by atoms with van der Waals surface area (Å²) in [5.74, 6) is 2.73. The molecule has 0 saturated carbocycles. The third-order valence-corrected chi connectivity index (χ3v) is 9.10. The highest BCUT2D eigenvalue weighted by atomic mass is 32.9. The van der Waals surface area contributed by atoms with E-state index >= 15 is 0 Å². The summed E-state index contributed by atoms with van der Waals surface area (Å²) in [6.07, 6.45) is 6.36. The highest BCUT2D eigenvalue weighted by Crippen LogP contribution is 2.65. The molecule has 2 atom stereocenters.